The van der Waals surface area contributed by atoms with Crippen LogP contribution in [0.2, 0.25) is 0 Å². The van der Waals surface area contributed by atoms with E-state index >= 15 is 0 Å². The largest absolute Gasteiger partial charge is 0.469 e. The first-order chi connectivity index (χ1) is 13.5. The molecule has 2 aromatic rings. The highest BCUT2D eigenvalue weighted by atomic mass is 16.5. The number of ether oxygens (including phenoxy) is 1. The number of carbonyl (C=O) groups excluding carboxylic acids is 3. The lowest BCUT2D eigenvalue weighted by atomic mass is 9.99. The molecule has 2 atom stereocenters. The second-order valence-corrected chi connectivity index (χ2v) is 6.92. The van der Waals surface area contributed by atoms with E-state index in [-0.39, 0.29) is 30.8 Å². The van der Waals surface area contributed by atoms with Gasteiger partial charge in [0, 0.05) is 13.1 Å². The van der Waals surface area contributed by atoms with Gasteiger partial charge in [-0.1, -0.05) is 42.5 Å². The van der Waals surface area contributed by atoms with Crippen molar-refractivity contribution in [3.8, 4) is 0 Å². The van der Waals surface area contributed by atoms with E-state index in [0.29, 0.717) is 13.1 Å². The van der Waals surface area contributed by atoms with Crippen molar-refractivity contribution >= 4 is 28.6 Å². The summed E-state index contributed by atoms with van der Waals surface area (Å²) in [6, 6.07) is 13.2. The molecule has 2 N–H and O–H groups in total. The molecule has 0 aromatic heterocycles. The Labute approximate surface area is 164 Å². The molecule has 0 spiro atoms. The number of hydrogen-bond donors (Lipinski definition) is 2. The Morgan fingerprint density at radius 2 is 2.00 bits per heavy atom. The van der Waals surface area contributed by atoms with Gasteiger partial charge in [0.2, 0.25) is 11.8 Å². The first-order valence-electron chi connectivity index (χ1n) is 9.35. The van der Waals surface area contributed by atoms with Crippen LogP contribution in [0.25, 0.3) is 10.8 Å². The maximum absolute atomic E-state index is 12.6. The fraction of sp³-hybridized carbons (Fsp3) is 0.381. The Bertz CT molecular complexity index is 878. The predicted molar refractivity (Wildman–Crippen MR) is 106 cm³/mol. The normalized spacial score (nSPS) is 18.4. The van der Waals surface area contributed by atoms with E-state index in [2.05, 4.69) is 15.4 Å². The molecular weight excluding hydrogens is 358 g/mol. The monoisotopic (exact) mass is 383 g/mol. The molecule has 1 heterocycles. The first kappa shape index (κ1) is 19.8. The minimum absolute atomic E-state index is 0.0458. The molecule has 0 radical (unpaired) electrons. The lowest BCUT2D eigenvalue weighted by Gasteiger charge is -2.34. The van der Waals surface area contributed by atoms with Crippen LogP contribution in [0.5, 0.6) is 0 Å². The number of nitrogens with one attached hydrogen (secondary N) is 2. The second-order valence-electron chi connectivity index (χ2n) is 6.92. The number of piperazine rings is 1. The fourth-order valence-corrected chi connectivity index (χ4v) is 3.59. The fourth-order valence-electron chi connectivity index (χ4n) is 3.59. The number of nitrogens with zero attached hydrogens (tertiary/aromatic N) is 1. The van der Waals surface area contributed by atoms with Crippen molar-refractivity contribution in [2.75, 3.05) is 26.7 Å². The Hall–Kier alpha value is -2.93. The molecular formula is C21H25N3O4. The van der Waals surface area contributed by atoms with Crippen molar-refractivity contribution in [2.45, 2.75) is 25.4 Å². The van der Waals surface area contributed by atoms with Crippen LogP contribution < -0.4 is 10.6 Å². The summed E-state index contributed by atoms with van der Waals surface area (Å²) in [5.74, 6) is -0.923. The van der Waals surface area contributed by atoms with E-state index in [9.17, 15) is 14.4 Å². The third kappa shape index (κ3) is 4.48. The molecule has 28 heavy (non-hydrogen) atoms. The van der Waals surface area contributed by atoms with E-state index in [4.69, 9.17) is 0 Å². The maximum Gasteiger partial charge on any atom is 0.307 e. The van der Waals surface area contributed by atoms with Gasteiger partial charge < -0.3 is 15.4 Å². The summed E-state index contributed by atoms with van der Waals surface area (Å²) in [5.41, 5.74) is 1.04. The average molecular weight is 383 g/mol. The third-order valence-corrected chi connectivity index (χ3v) is 5.04. The summed E-state index contributed by atoms with van der Waals surface area (Å²) in [5, 5.41) is 7.95. The molecule has 7 heteroatoms. The Morgan fingerprint density at radius 3 is 2.79 bits per heavy atom. The van der Waals surface area contributed by atoms with E-state index in [1.165, 1.54) is 7.11 Å². The summed E-state index contributed by atoms with van der Waals surface area (Å²) < 4.78 is 4.67. The summed E-state index contributed by atoms with van der Waals surface area (Å²) in [6.07, 6.45) is -0.0749. The van der Waals surface area contributed by atoms with Gasteiger partial charge in [-0.15, -0.1) is 0 Å². The number of carbonyl (C=O) groups is 3. The lowest BCUT2D eigenvalue weighted by molar-refractivity contribution is -0.146. The molecule has 1 aliphatic rings. The van der Waals surface area contributed by atoms with Crippen LogP contribution in [0.3, 0.4) is 0 Å². The molecule has 1 fully saturated rings. The highest BCUT2D eigenvalue weighted by Crippen LogP contribution is 2.24. The van der Waals surface area contributed by atoms with Crippen molar-refractivity contribution in [3.63, 3.8) is 0 Å². The quantitative estimate of drug-likeness (QED) is 0.736. The number of fused-ring (bicyclic) bond motifs is 1. The Balaban J connectivity index is 1.68. The summed E-state index contributed by atoms with van der Waals surface area (Å²) >= 11 is 0. The van der Waals surface area contributed by atoms with Crippen molar-refractivity contribution in [1.82, 2.24) is 15.5 Å². The number of benzene rings is 2. The van der Waals surface area contributed by atoms with Gasteiger partial charge in [-0.25, -0.2) is 0 Å². The van der Waals surface area contributed by atoms with E-state index in [1.54, 1.807) is 4.90 Å². The van der Waals surface area contributed by atoms with Crippen LogP contribution in [0.1, 0.15) is 24.9 Å². The van der Waals surface area contributed by atoms with Crippen LogP contribution >= 0.6 is 0 Å². The Kier molecular flexibility index (Phi) is 6.26. The van der Waals surface area contributed by atoms with Crippen LogP contribution in [0.15, 0.2) is 42.5 Å². The second kappa shape index (κ2) is 8.84. The standard InChI is InChI=1S/C21H25N3O4/c1-14(16-9-5-7-15-6-3-4-8-17(15)16)23-19(25)13-24-11-10-22-21(27)18(24)12-20(26)28-2/h3-9,14,18H,10-13H2,1-2H3,(H,22,27)(H,23,25)/t14-,18+/m0/s1. The van der Waals surface area contributed by atoms with Gasteiger partial charge in [0.1, 0.15) is 6.04 Å². The zero-order chi connectivity index (χ0) is 20.1. The minimum Gasteiger partial charge on any atom is -0.469 e. The third-order valence-electron chi connectivity index (χ3n) is 5.04. The highest BCUT2D eigenvalue weighted by molar-refractivity contribution is 5.89. The summed E-state index contributed by atoms with van der Waals surface area (Å²) in [7, 11) is 1.28. The topological polar surface area (TPSA) is 87.7 Å². The van der Waals surface area contributed by atoms with Gasteiger partial charge in [0.15, 0.2) is 0 Å². The Morgan fingerprint density at radius 1 is 1.25 bits per heavy atom. The molecule has 0 saturated carbocycles. The van der Waals surface area contributed by atoms with Crippen molar-refractivity contribution < 1.29 is 19.1 Å². The van der Waals surface area contributed by atoms with Gasteiger partial charge in [-0.05, 0) is 23.3 Å². The van der Waals surface area contributed by atoms with E-state index in [0.717, 1.165) is 16.3 Å². The molecule has 7 nitrogen and oxygen atoms in total. The maximum atomic E-state index is 12.6. The highest BCUT2D eigenvalue weighted by Gasteiger charge is 2.33. The van der Waals surface area contributed by atoms with E-state index < -0.39 is 12.0 Å². The molecule has 1 saturated heterocycles. The number of methoxy groups -OCH3 is 1. The summed E-state index contributed by atoms with van der Waals surface area (Å²) in [6.45, 7) is 2.94. The number of esters is 1. The van der Waals surface area contributed by atoms with Crippen molar-refractivity contribution in [2.24, 2.45) is 0 Å². The van der Waals surface area contributed by atoms with Gasteiger partial charge >= 0.3 is 5.97 Å². The molecule has 3 rings (SSSR count). The van der Waals surface area contributed by atoms with Crippen LogP contribution in [-0.2, 0) is 19.1 Å². The van der Waals surface area contributed by atoms with Gasteiger partial charge in [0.25, 0.3) is 0 Å². The van der Waals surface area contributed by atoms with Crippen LogP contribution in [-0.4, -0.2) is 55.5 Å². The van der Waals surface area contributed by atoms with Crippen molar-refractivity contribution in [1.29, 1.82) is 0 Å². The van der Waals surface area contributed by atoms with Gasteiger partial charge in [-0.2, -0.15) is 0 Å². The number of hydrogen-bond acceptors (Lipinski definition) is 5. The summed E-state index contributed by atoms with van der Waals surface area (Å²) in [4.78, 5) is 38.1. The lowest BCUT2D eigenvalue weighted by Crippen LogP contribution is -2.58. The van der Waals surface area contributed by atoms with Crippen molar-refractivity contribution in [3.05, 3.63) is 48.0 Å². The molecule has 0 unspecified atom stereocenters. The molecule has 2 amide bonds. The van der Waals surface area contributed by atoms with E-state index in [1.807, 2.05) is 49.4 Å². The van der Waals surface area contributed by atoms with Gasteiger partial charge in [0.05, 0.1) is 26.1 Å². The SMILES string of the molecule is COC(=O)C[C@@H]1C(=O)NCCN1CC(=O)N[C@@H](C)c1cccc2ccccc12. The average Bonchev–Trinajstić information content (AvgIpc) is 2.69. The first-order valence-corrected chi connectivity index (χ1v) is 9.35. The molecule has 1 aliphatic heterocycles. The molecule has 0 aliphatic carbocycles. The zero-order valence-corrected chi connectivity index (χ0v) is 16.1. The van der Waals surface area contributed by atoms with Gasteiger partial charge in [-0.3, -0.25) is 19.3 Å². The minimum atomic E-state index is -0.695. The number of amides is 2. The van der Waals surface area contributed by atoms with Crippen LogP contribution in [0, 0.1) is 0 Å². The molecule has 0 bridgehead atoms. The van der Waals surface area contributed by atoms with Crippen LogP contribution in [0.4, 0.5) is 0 Å². The molecule has 2 aromatic carbocycles. The zero-order valence-electron chi connectivity index (χ0n) is 16.1. The smallest absolute Gasteiger partial charge is 0.307 e. The predicted octanol–water partition coefficient (Wildman–Crippen LogP) is 1.38. The number of rotatable bonds is 6. The molecule has 148 valence electrons.